The van der Waals surface area contributed by atoms with Crippen molar-refractivity contribution in [1.82, 2.24) is 0 Å². The largest absolute Gasteiger partial charge is 0.462 e. The summed E-state index contributed by atoms with van der Waals surface area (Å²) in [6.45, 7) is 6.42. The molecule has 0 rings (SSSR count). The van der Waals surface area contributed by atoms with Crippen LogP contribution in [0.2, 0.25) is 0 Å². The molecule has 0 saturated heterocycles. The molecule has 0 bridgehead atoms. The molecule has 6 nitrogen and oxygen atoms in total. The summed E-state index contributed by atoms with van der Waals surface area (Å²) in [4.78, 5) is 37.7. The molecule has 0 aliphatic rings. The fourth-order valence-electron chi connectivity index (χ4n) is 6.18. The van der Waals surface area contributed by atoms with Gasteiger partial charge in [0.1, 0.15) is 13.2 Å². The van der Waals surface area contributed by atoms with Crippen LogP contribution in [0.1, 0.15) is 207 Å². The number of esters is 3. The lowest BCUT2D eigenvalue weighted by Crippen LogP contribution is -2.30. The standard InChI is InChI=1S/C50H84O6/c1-4-7-10-13-16-19-22-23-24-25-26-27-29-31-34-37-40-43-49(52)55-46-47(45-54-48(51)42-39-36-33-30-21-18-15-12-9-6-3)56-50(53)44-41-38-35-32-28-20-17-14-11-8-5-2/h7,10,13,16,19,22-27,29,47H,4-6,8-9,11-12,14-15,17-18,20-21,28,30-46H2,1-3H3/b10-7-,16-13-,22-19-,24-23-,26-25+,29-27-. The fraction of sp³-hybridized carbons (Fsp3) is 0.700. The van der Waals surface area contributed by atoms with Gasteiger partial charge in [0.2, 0.25) is 0 Å². The van der Waals surface area contributed by atoms with Crippen molar-refractivity contribution in [2.45, 2.75) is 213 Å². The summed E-state index contributed by atoms with van der Waals surface area (Å²) >= 11 is 0. The number of rotatable bonds is 40. The number of carbonyl (C=O) groups excluding carboxylic acids is 3. The Morgan fingerprint density at radius 2 is 0.696 bits per heavy atom. The van der Waals surface area contributed by atoms with Crippen molar-refractivity contribution in [2.75, 3.05) is 13.2 Å². The van der Waals surface area contributed by atoms with Crippen LogP contribution in [-0.4, -0.2) is 37.2 Å². The van der Waals surface area contributed by atoms with Crippen LogP contribution in [0.25, 0.3) is 0 Å². The summed E-state index contributed by atoms with van der Waals surface area (Å²) in [5, 5.41) is 0. The summed E-state index contributed by atoms with van der Waals surface area (Å²) in [6, 6.07) is 0. The average Bonchev–Trinajstić information content (AvgIpc) is 3.19. The molecule has 0 aliphatic heterocycles. The first-order chi connectivity index (χ1) is 27.5. The second kappa shape index (κ2) is 44.6. The number of ether oxygens (including phenoxy) is 3. The Kier molecular flexibility index (Phi) is 42.1. The van der Waals surface area contributed by atoms with Gasteiger partial charge in [-0.15, -0.1) is 0 Å². The predicted octanol–water partition coefficient (Wildman–Crippen LogP) is 14.7. The van der Waals surface area contributed by atoms with Crippen LogP contribution in [0, 0.1) is 0 Å². The Labute approximate surface area is 344 Å². The Morgan fingerprint density at radius 3 is 1.09 bits per heavy atom. The number of hydrogen-bond donors (Lipinski definition) is 0. The molecule has 0 saturated carbocycles. The minimum Gasteiger partial charge on any atom is -0.462 e. The lowest BCUT2D eigenvalue weighted by Gasteiger charge is -2.18. The monoisotopic (exact) mass is 781 g/mol. The third-order valence-electron chi connectivity index (χ3n) is 9.64. The van der Waals surface area contributed by atoms with E-state index >= 15 is 0 Å². The molecule has 1 unspecified atom stereocenters. The van der Waals surface area contributed by atoms with Crippen molar-refractivity contribution in [3.8, 4) is 0 Å². The molecule has 6 heteroatoms. The lowest BCUT2D eigenvalue weighted by molar-refractivity contribution is -0.167. The van der Waals surface area contributed by atoms with Crippen LogP contribution in [-0.2, 0) is 28.6 Å². The third kappa shape index (κ3) is 42.0. The Morgan fingerprint density at radius 1 is 0.375 bits per heavy atom. The maximum Gasteiger partial charge on any atom is 0.306 e. The Hall–Kier alpha value is -3.15. The van der Waals surface area contributed by atoms with Crippen LogP contribution in [0.15, 0.2) is 72.9 Å². The van der Waals surface area contributed by atoms with E-state index in [0.29, 0.717) is 19.3 Å². The average molecular weight is 781 g/mol. The molecule has 1 atom stereocenters. The van der Waals surface area contributed by atoms with E-state index < -0.39 is 6.10 Å². The molecule has 0 amide bonds. The smallest absolute Gasteiger partial charge is 0.306 e. The molecule has 0 spiro atoms. The van der Waals surface area contributed by atoms with E-state index in [1.165, 1.54) is 96.3 Å². The molecule has 0 N–H and O–H groups in total. The van der Waals surface area contributed by atoms with Gasteiger partial charge in [0.05, 0.1) is 0 Å². The minimum absolute atomic E-state index is 0.0879. The van der Waals surface area contributed by atoms with E-state index in [1.54, 1.807) is 0 Å². The lowest BCUT2D eigenvalue weighted by atomic mass is 10.1. The molecule has 0 heterocycles. The normalized spacial score (nSPS) is 12.7. The van der Waals surface area contributed by atoms with E-state index in [0.717, 1.165) is 70.6 Å². The van der Waals surface area contributed by atoms with E-state index in [1.807, 2.05) is 60.8 Å². The summed E-state index contributed by atoms with van der Waals surface area (Å²) in [6.07, 6.45) is 54.5. The van der Waals surface area contributed by atoms with Gasteiger partial charge in [-0.3, -0.25) is 14.4 Å². The first-order valence-corrected chi connectivity index (χ1v) is 23.0. The highest BCUT2D eigenvalue weighted by Gasteiger charge is 2.19. The predicted molar refractivity (Wildman–Crippen MR) is 238 cm³/mol. The van der Waals surface area contributed by atoms with Gasteiger partial charge in [0.25, 0.3) is 0 Å². The van der Waals surface area contributed by atoms with Crippen molar-refractivity contribution < 1.29 is 28.6 Å². The summed E-state index contributed by atoms with van der Waals surface area (Å²) in [5.41, 5.74) is 0. The quantitative estimate of drug-likeness (QED) is 0.0267. The topological polar surface area (TPSA) is 78.9 Å². The molecular weight excluding hydrogens is 697 g/mol. The Bertz CT molecular complexity index is 1080. The van der Waals surface area contributed by atoms with Gasteiger partial charge >= 0.3 is 17.9 Å². The van der Waals surface area contributed by atoms with E-state index in [-0.39, 0.29) is 31.1 Å². The molecule has 56 heavy (non-hydrogen) atoms. The van der Waals surface area contributed by atoms with E-state index in [9.17, 15) is 14.4 Å². The van der Waals surface area contributed by atoms with Crippen LogP contribution in [0.3, 0.4) is 0 Å². The van der Waals surface area contributed by atoms with E-state index in [4.69, 9.17) is 14.2 Å². The number of unbranched alkanes of at least 4 members (excludes halogenated alkanes) is 22. The zero-order valence-electron chi connectivity index (χ0n) is 36.4. The van der Waals surface area contributed by atoms with Crippen molar-refractivity contribution >= 4 is 17.9 Å². The molecule has 0 aromatic heterocycles. The first-order valence-electron chi connectivity index (χ1n) is 23.0. The van der Waals surface area contributed by atoms with Crippen LogP contribution < -0.4 is 0 Å². The number of hydrogen-bond acceptors (Lipinski definition) is 6. The van der Waals surface area contributed by atoms with E-state index in [2.05, 4.69) is 32.9 Å². The molecule has 0 aromatic carbocycles. The van der Waals surface area contributed by atoms with Crippen molar-refractivity contribution in [2.24, 2.45) is 0 Å². The van der Waals surface area contributed by atoms with Gasteiger partial charge in [0, 0.05) is 19.3 Å². The summed E-state index contributed by atoms with van der Waals surface area (Å²) in [5.74, 6) is -0.938. The van der Waals surface area contributed by atoms with Crippen LogP contribution in [0.4, 0.5) is 0 Å². The molecule has 320 valence electrons. The van der Waals surface area contributed by atoms with Gasteiger partial charge in [0.15, 0.2) is 6.10 Å². The highest BCUT2D eigenvalue weighted by atomic mass is 16.6. The van der Waals surface area contributed by atoms with Crippen LogP contribution >= 0.6 is 0 Å². The van der Waals surface area contributed by atoms with Gasteiger partial charge in [-0.25, -0.2) is 0 Å². The van der Waals surface area contributed by atoms with Crippen LogP contribution in [0.5, 0.6) is 0 Å². The second-order valence-electron chi connectivity index (χ2n) is 15.1. The third-order valence-corrected chi connectivity index (χ3v) is 9.64. The highest BCUT2D eigenvalue weighted by molar-refractivity contribution is 5.71. The van der Waals surface area contributed by atoms with Crippen molar-refractivity contribution in [3.05, 3.63) is 72.9 Å². The summed E-state index contributed by atoms with van der Waals surface area (Å²) in [7, 11) is 0. The first kappa shape index (κ1) is 52.9. The second-order valence-corrected chi connectivity index (χ2v) is 15.1. The zero-order valence-corrected chi connectivity index (χ0v) is 36.4. The maximum atomic E-state index is 12.7. The van der Waals surface area contributed by atoms with Crippen molar-refractivity contribution in [1.29, 1.82) is 0 Å². The maximum absolute atomic E-state index is 12.7. The molecule has 0 radical (unpaired) electrons. The SMILES string of the molecule is CC\C=C/C=C\C=C/C=C\C=C\C=C/CCCCCC(=O)OCC(COC(=O)CCCCCCCCCCCC)OC(=O)CCCCCCCCCCCCC. The highest BCUT2D eigenvalue weighted by Crippen LogP contribution is 2.14. The summed E-state index contributed by atoms with van der Waals surface area (Å²) < 4.78 is 16.7. The number of allylic oxidation sites excluding steroid dienone is 12. The molecule has 0 fully saturated rings. The fourth-order valence-corrected chi connectivity index (χ4v) is 6.18. The molecular formula is C50H84O6. The molecule has 0 aliphatic carbocycles. The van der Waals surface area contributed by atoms with Gasteiger partial charge in [-0.2, -0.15) is 0 Å². The molecule has 0 aromatic rings. The number of carbonyl (C=O) groups is 3. The van der Waals surface area contributed by atoms with Crippen molar-refractivity contribution in [3.63, 3.8) is 0 Å². The minimum atomic E-state index is -0.787. The van der Waals surface area contributed by atoms with Gasteiger partial charge in [-0.1, -0.05) is 222 Å². The zero-order chi connectivity index (χ0) is 40.8. The van der Waals surface area contributed by atoms with Gasteiger partial charge in [-0.05, 0) is 38.5 Å². The van der Waals surface area contributed by atoms with Gasteiger partial charge < -0.3 is 14.2 Å². The Balaban J connectivity index is 4.45.